The van der Waals surface area contributed by atoms with Crippen molar-refractivity contribution < 1.29 is 19.6 Å². The number of non-ortho nitro benzene ring substituents is 1. The number of thioether (sulfide) groups is 1. The van der Waals surface area contributed by atoms with Crippen LogP contribution in [0.5, 0.6) is 0 Å². The zero-order valence-electron chi connectivity index (χ0n) is 9.38. The Labute approximate surface area is 112 Å². The van der Waals surface area contributed by atoms with E-state index in [1.165, 1.54) is 18.9 Å². The lowest BCUT2D eigenvalue weighted by Gasteiger charge is -2.07. The lowest BCUT2D eigenvalue weighted by Crippen LogP contribution is -2.03. The van der Waals surface area contributed by atoms with Crippen molar-refractivity contribution in [3.8, 4) is 0 Å². The summed E-state index contributed by atoms with van der Waals surface area (Å²) >= 11 is 7.06. The summed E-state index contributed by atoms with van der Waals surface area (Å²) in [6, 6.07) is 2.15. The molecule has 0 radical (unpaired) electrons. The minimum absolute atomic E-state index is 0.0581. The van der Waals surface area contributed by atoms with Crippen LogP contribution in [0.3, 0.4) is 0 Å². The molecular formula is C10H10ClNO5S. The van der Waals surface area contributed by atoms with Gasteiger partial charge in [-0.3, -0.25) is 10.1 Å². The van der Waals surface area contributed by atoms with Gasteiger partial charge in [0.25, 0.3) is 5.69 Å². The fraction of sp³-hybridized carbons (Fsp3) is 0.300. The van der Waals surface area contributed by atoms with Crippen molar-refractivity contribution in [2.24, 2.45) is 0 Å². The van der Waals surface area contributed by atoms with Crippen LogP contribution in [0.2, 0.25) is 5.02 Å². The first-order valence-electron chi connectivity index (χ1n) is 4.80. The van der Waals surface area contributed by atoms with Crippen LogP contribution in [0.15, 0.2) is 17.0 Å². The van der Waals surface area contributed by atoms with E-state index in [9.17, 15) is 14.9 Å². The highest BCUT2D eigenvalue weighted by molar-refractivity contribution is 7.99. The van der Waals surface area contributed by atoms with Gasteiger partial charge in [0, 0.05) is 29.9 Å². The standard InChI is InChI=1S/C10H10ClNO5S/c1-17-2-3-18-9-7(10(13)14)4-6(12(15)16)5-8(9)11/h4-5H,2-3H2,1H3,(H,13,14). The molecule has 1 aromatic carbocycles. The number of methoxy groups -OCH3 is 1. The average Bonchev–Trinajstić information content (AvgIpc) is 2.30. The van der Waals surface area contributed by atoms with Gasteiger partial charge in [-0.25, -0.2) is 4.79 Å². The number of nitro benzene ring substituents is 1. The number of benzene rings is 1. The summed E-state index contributed by atoms with van der Waals surface area (Å²) in [6.07, 6.45) is 0. The molecular weight excluding hydrogens is 282 g/mol. The first-order valence-corrected chi connectivity index (χ1v) is 6.16. The molecule has 0 unspecified atom stereocenters. The van der Waals surface area contributed by atoms with Crippen molar-refractivity contribution in [2.75, 3.05) is 19.5 Å². The fourth-order valence-electron chi connectivity index (χ4n) is 1.22. The second-order valence-corrected chi connectivity index (χ2v) is 4.72. The topological polar surface area (TPSA) is 89.7 Å². The number of aromatic carboxylic acids is 1. The molecule has 0 fully saturated rings. The van der Waals surface area contributed by atoms with Gasteiger partial charge in [0.2, 0.25) is 0 Å². The van der Waals surface area contributed by atoms with E-state index in [-0.39, 0.29) is 16.3 Å². The molecule has 0 aromatic heterocycles. The predicted octanol–water partition coefficient (Wildman–Crippen LogP) is 2.68. The third-order valence-corrected chi connectivity index (χ3v) is 3.51. The molecule has 0 spiro atoms. The summed E-state index contributed by atoms with van der Waals surface area (Å²) < 4.78 is 4.85. The minimum atomic E-state index is -1.25. The molecule has 1 rings (SSSR count). The molecule has 0 bridgehead atoms. The van der Waals surface area contributed by atoms with Gasteiger partial charge in [0.1, 0.15) is 0 Å². The van der Waals surface area contributed by atoms with E-state index in [0.29, 0.717) is 17.3 Å². The Bertz CT molecular complexity index is 480. The van der Waals surface area contributed by atoms with Crippen molar-refractivity contribution in [1.82, 2.24) is 0 Å². The van der Waals surface area contributed by atoms with E-state index >= 15 is 0 Å². The van der Waals surface area contributed by atoms with Crippen LogP contribution < -0.4 is 0 Å². The van der Waals surface area contributed by atoms with Crippen molar-refractivity contribution in [1.29, 1.82) is 0 Å². The number of hydrogen-bond acceptors (Lipinski definition) is 5. The Kier molecular flexibility index (Phi) is 5.39. The Hall–Kier alpha value is -1.31. The van der Waals surface area contributed by atoms with Crippen molar-refractivity contribution in [2.45, 2.75) is 4.90 Å². The zero-order valence-corrected chi connectivity index (χ0v) is 11.0. The third-order valence-electron chi connectivity index (χ3n) is 2.00. The van der Waals surface area contributed by atoms with Crippen LogP contribution in [0, 0.1) is 10.1 Å². The zero-order chi connectivity index (χ0) is 13.7. The molecule has 0 amide bonds. The maximum Gasteiger partial charge on any atom is 0.337 e. The number of hydrogen-bond donors (Lipinski definition) is 1. The van der Waals surface area contributed by atoms with Crippen molar-refractivity contribution in [3.05, 3.63) is 32.8 Å². The van der Waals surface area contributed by atoms with Crippen LogP contribution in [0.1, 0.15) is 10.4 Å². The summed E-state index contributed by atoms with van der Waals surface area (Å²) in [6.45, 7) is 0.428. The molecule has 1 N–H and O–H groups in total. The van der Waals surface area contributed by atoms with Crippen LogP contribution >= 0.6 is 23.4 Å². The second-order valence-electron chi connectivity index (χ2n) is 3.21. The molecule has 6 nitrogen and oxygen atoms in total. The Morgan fingerprint density at radius 2 is 2.28 bits per heavy atom. The van der Waals surface area contributed by atoms with Gasteiger partial charge in [0.05, 0.1) is 22.1 Å². The molecule has 0 atom stereocenters. The molecule has 18 heavy (non-hydrogen) atoms. The summed E-state index contributed by atoms with van der Waals surface area (Å²) in [7, 11) is 1.52. The third kappa shape index (κ3) is 3.59. The average molecular weight is 292 g/mol. The number of carboxylic acid groups (broad SMARTS) is 1. The normalized spacial score (nSPS) is 10.3. The largest absolute Gasteiger partial charge is 0.478 e. The lowest BCUT2D eigenvalue weighted by molar-refractivity contribution is -0.384. The van der Waals surface area contributed by atoms with E-state index in [4.69, 9.17) is 21.4 Å². The van der Waals surface area contributed by atoms with Gasteiger partial charge in [-0.15, -0.1) is 11.8 Å². The summed E-state index contributed by atoms with van der Waals surface area (Å²) in [5.41, 5.74) is -0.510. The predicted molar refractivity (Wildman–Crippen MR) is 67.7 cm³/mol. The van der Waals surface area contributed by atoms with Crippen molar-refractivity contribution >= 4 is 35.0 Å². The maximum atomic E-state index is 11.1. The molecule has 8 heteroatoms. The number of carbonyl (C=O) groups is 1. The van der Waals surface area contributed by atoms with Gasteiger partial charge in [-0.2, -0.15) is 0 Å². The van der Waals surface area contributed by atoms with Crippen LogP contribution in [-0.2, 0) is 4.74 Å². The first-order chi connectivity index (χ1) is 8.47. The number of nitrogens with zero attached hydrogens (tertiary/aromatic N) is 1. The molecule has 0 aliphatic rings. The quantitative estimate of drug-likeness (QED) is 0.375. The van der Waals surface area contributed by atoms with Crippen LogP contribution in [0.4, 0.5) is 5.69 Å². The number of nitro groups is 1. The van der Waals surface area contributed by atoms with E-state index in [2.05, 4.69) is 0 Å². The Morgan fingerprint density at radius 1 is 1.61 bits per heavy atom. The highest BCUT2D eigenvalue weighted by Gasteiger charge is 2.20. The van der Waals surface area contributed by atoms with E-state index in [1.54, 1.807) is 0 Å². The summed E-state index contributed by atoms with van der Waals surface area (Å²) in [4.78, 5) is 21.3. The van der Waals surface area contributed by atoms with Crippen LogP contribution in [-0.4, -0.2) is 35.5 Å². The van der Waals surface area contributed by atoms with Crippen molar-refractivity contribution in [3.63, 3.8) is 0 Å². The molecule has 0 heterocycles. The highest BCUT2D eigenvalue weighted by atomic mass is 35.5. The fourth-order valence-corrected chi connectivity index (χ4v) is 2.55. The Morgan fingerprint density at radius 3 is 2.78 bits per heavy atom. The molecule has 0 aliphatic heterocycles. The van der Waals surface area contributed by atoms with Gasteiger partial charge in [-0.05, 0) is 0 Å². The number of ether oxygens (including phenoxy) is 1. The number of halogens is 1. The second kappa shape index (κ2) is 6.58. The minimum Gasteiger partial charge on any atom is -0.478 e. The van der Waals surface area contributed by atoms with Gasteiger partial charge >= 0.3 is 5.97 Å². The SMILES string of the molecule is COCCSc1c(Cl)cc([N+](=O)[O-])cc1C(=O)O. The van der Waals surface area contributed by atoms with Crippen LogP contribution in [0.25, 0.3) is 0 Å². The lowest BCUT2D eigenvalue weighted by atomic mass is 10.2. The molecule has 98 valence electrons. The van der Waals surface area contributed by atoms with E-state index in [0.717, 1.165) is 12.1 Å². The molecule has 0 saturated heterocycles. The van der Waals surface area contributed by atoms with E-state index < -0.39 is 10.9 Å². The van der Waals surface area contributed by atoms with E-state index in [1.807, 2.05) is 0 Å². The summed E-state index contributed by atoms with van der Waals surface area (Å²) in [5, 5.41) is 19.7. The monoisotopic (exact) mass is 291 g/mol. The van der Waals surface area contributed by atoms with Gasteiger partial charge in [-0.1, -0.05) is 11.6 Å². The molecule has 1 aromatic rings. The first kappa shape index (κ1) is 14.7. The van der Waals surface area contributed by atoms with Gasteiger partial charge in [0.15, 0.2) is 0 Å². The smallest absolute Gasteiger partial charge is 0.337 e. The van der Waals surface area contributed by atoms with Gasteiger partial charge < -0.3 is 9.84 Å². The highest BCUT2D eigenvalue weighted by Crippen LogP contribution is 2.34. The molecule has 0 aliphatic carbocycles. The molecule has 0 saturated carbocycles. The maximum absolute atomic E-state index is 11.1. The number of carboxylic acids is 1. The Balaban J connectivity index is 3.15. The number of rotatable bonds is 6. The summed E-state index contributed by atoms with van der Waals surface area (Å²) in [5.74, 6) is -0.741.